The van der Waals surface area contributed by atoms with Gasteiger partial charge in [0, 0.05) is 42.1 Å². The smallest absolute Gasteiger partial charge is 0.224 e. The highest BCUT2D eigenvalue weighted by Gasteiger charge is 2.32. The van der Waals surface area contributed by atoms with Gasteiger partial charge in [-0.15, -0.1) is 0 Å². The molecule has 38 heavy (non-hydrogen) atoms. The van der Waals surface area contributed by atoms with Crippen molar-refractivity contribution in [3.63, 3.8) is 0 Å². The second-order valence-corrected chi connectivity index (χ2v) is 11.4. The third kappa shape index (κ3) is 5.97. The first-order valence-corrected chi connectivity index (χ1v) is 13.8. The highest BCUT2D eigenvalue weighted by molar-refractivity contribution is 5.93. The predicted molar refractivity (Wildman–Crippen MR) is 152 cm³/mol. The third-order valence-electron chi connectivity index (χ3n) is 8.00. The van der Waals surface area contributed by atoms with Crippen molar-refractivity contribution in [3.8, 4) is 22.4 Å². The number of nitrogens with zero attached hydrogens (tertiary/aromatic N) is 2. The van der Waals surface area contributed by atoms with E-state index in [1.54, 1.807) is 6.20 Å². The lowest BCUT2D eigenvalue weighted by Crippen LogP contribution is -2.39. The molecular weight excluding hydrogens is 472 g/mol. The Morgan fingerprint density at radius 2 is 1.74 bits per heavy atom. The van der Waals surface area contributed by atoms with Crippen LogP contribution in [0.2, 0.25) is 0 Å². The van der Waals surface area contributed by atoms with Crippen LogP contribution in [0.1, 0.15) is 64.4 Å². The number of nitrogens with one attached hydrogen (secondary N) is 1. The number of anilines is 1. The maximum atomic E-state index is 13.0. The molecule has 5 rings (SSSR count). The molecule has 0 radical (unpaired) electrons. The van der Waals surface area contributed by atoms with Gasteiger partial charge in [-0.2, -0.15) is 0 Å². The average Bonchev–Trinajstić information content (AvgIpc) is 3.35. The molecule has 2 fully saturated rings. The van der Waals surface area contributed by atoms with Crippen LogP contribution in [-0.4, -0.2) is 34.3 Å². The average molecular weight is 511 g/mol. The van der Waals surface area contributed by atoms with Crippen molar-refractivity contribution in [2.45, 2.75) is 70.4 Å². The van der Waals surface area contributed by atoms with Crippen molar-refractivity contribution in [2.24, 2.45) is 11.7 Å². The summed E-state index contributed by atoms with van der Waals surface area (Å²) in [5, 5.41) is 3.10. The Morgan fingerprint density at radius 1 is 1.03 bits per heavy atom. The summed E-state index contributed by atoms with van der Waals surface area (Å²) in [4.78, 5) is 31.9. The maximum absolute atomic E-state index is 13.0. The van der Waals surface area contributed by atoms with Crippen LogP contribution in [-0.2, 0) is 15.1 Å². The van der Waals surface area contributed by atoms with Gasteiger partial charge in [-0.1, -0.05) is 54.6 Å². The number of rotatable bonds is 7. The number of pyridine rings is 1. The predicted octanol–water partition coefficient (Wildman–Crippen LogP) is 6.12. The van der Waals surface area contributed by atoms with Crippen LogP contribution in [0, 0.1) is 5.92 Å². The molecule has 2 heterocycles. The first kappa shape index (κ1) is 26.1. The summed E-state index contributed by atoms with van der Waals surface area (Å²) in [5.41, 5.74) is 11.5. The van der Waals surface area contributed by atoms with E-state index in [2.05, 4.69) is 46.6 Å². The van der Waals surface area contributed by atoms with Gasteiger partial charge in [0.25, 0.3) is 0 Å². The molecule has 198 valence electrons. The number of hydrogen-bond donors (Lipinski definition) is 2. The van der Waals surface area contributed by atoms with E-state index in [1.807, 2.05) is 38.1 Å². The summed E-state index contributed by atoms with van der Waals surface area (Å²) < 4.78 is 0. The second-order valence-electron chi connectivity index (χ2n) is 11.4. The summed E-state index contributed by atoms with van der Waals surface area (Å²) in [7, 11) is 0. The first-order chi connectivity index (χ1) is 18.3. The van der Waals surface area contributed by atoms with Gasteiger partial charge in [0.15, 0.2) is 0 Å². The summed E-state index contributed by atoms with van der Waals surface area (Å²) in [6.07, 6.45) is 7.90. The number of nitrogens with two attached hydrogens (primary N) is 1. The number of amides is 2. The number of likely N-dealkylation sites (tertiary alicyclic amines) is 1. The van der Waals surface area contributed by atoms with Crippen LogP contribution in [0.15, 0.2) is 66.9 Å². The minimum atomic E-state index is -0.410. The fraction of sp³-hybridized carbons (Fsp3) is 0.406. The Kier molecular flexibility index (Phi) is 7.61. The fourth-order valence-corrected chi connectivity index (χ4v) is 5.85. The summed E-state index contributed by atoms with van der Waals surface area (Å²) in [5.74, 6) is 0.680. The van der Waals surface area contributed by atoms with Crippen molar-refractivity contribution in [1.29, 1.82) is 0 Å². The van der Waals surface area contributed by atoms with Crippen molar-refractivity contribution in [2.75, 3.05) is 11.9 Å². The Labute approximate surface area is 225 Å². The first-order valence-electron chi connectivity index (χ1n) is 13.8. The van der Waals surface area contributed by atoms with E-state index in [1.165, 1.54) is 0 Å². The number of carbonyl (C=O) groups is 2. The zero-order chi connectivity index (χ0) is 26.7. The maximum Gasteiger partial charge on any atom is 0.224 e. The molecular formula is C32H38N4O2. The highest BCUT2D eigenvalue weighted by Crippen LogP contribution is 2.34. The van der Waals surface area contributed by atoms with Gasteiger partial charge in [-0.3, -0.25) is 14.6 Å². The lowest BCUT2D eigenvalue weighted by atomic mass is 9.83. The van der Waals surface area contributed by atoms with E-state index in [0.717, 1.165) is 66.6 Å². The number of hydrogen-bond acceptors (Lipinski definition) is 4. The monoisotopic (exact) mass is 510 g/mol. The normalized spacial score (nSPS) is 20.0. The van der Waals surface area contributed by atoms with E-state index in [0.29, 0.717) is 36.4 Å². The fourth-order valence-electron chi connectivity index (χ4n) is 5.85. The Hall–Kier alpha value is -3.51. The molecule has 2 amide bonds. The van der Waals surface area contributed by atoms with E-state index in [-0.39, 0.29) is 5.91 Å². The zero-order valence-electron chi connectivity index (χ0n) is 22.5. The number of benzene rings is 2. The minimum absolute atomic E-state index is 0.0220. The summed E-state index contributed by atoms with van der Waals surface area (Å²) in [6.45, 7) is 4.89. The van der Waals surface area contributed by atoms with Gasteiger partial charge < -0.3 is 16.0 Å². The van der Waals surface area contributed by atoms with Crippen LogP contribution in [0.5, 0.6) is 0 Å². The van der Waals surface area contributed by atoms with E-state index < -0.39 is 5.54 Å². The van der Waals surface area contributed by atoms with Crippen molar-refractivity contribution in [1.82, 2.24) is 9.88 Å². The zero-order valence-corrected chi connectivity index (χ0v) is 22.5. The molecule has 1 aliphatic carbocycles. The van der Waals surface area contributed by atoms with Crippen LogP contribution in [0.4, 0.5) is 5.69 Å². The summed E-state index contributed by atoms with van der Waals surface area (Å²) in [6, 6.07) is 20.7. The SMILES string of the molecule is CC(C)(N)c1ccc(-c2ncc(NC(=O)C[C@H]3CC[C@H](N4CCCC4=O)CC3)cc2-c2ccccc2)cc1. The van der Waals surface area contributed by atoms with Crippen molar-refractivity contribution in [3.05, 3.63) is 72.4 Å². The molecule has 2 aromatic carbocycles. The molecule has 1 saturated heterocycles. The van der Waals surface area contributed by atoms with Gasteiger partial charge in [0.05, 0.1) is 17.6 Å². The van der Waals surface area contributed by atoms with Crippen LogP contribution >= 0.6 is 0 Å². The topological polar surface area (TPSA) is 88.3 Å². The molecule has 6 nitrogen and oxygen atoms in total. The largest absolute Gasteiger partial charge is 0.340 e. The molecule has 0 atom stereocenters. The molecule has 1 aliphatic heterocycles. The Bertz CT molecular complexity index is 1270. The number of aromatic nitrogens is 1. The van der Waals surface area contributed by atoms with E-state index in [9.17, 15) is 9.59 Å². The quantitative estimate of drug-likeness (QED) is 0.401. The lowest BCUT2D eigenvalue weighted by Gasteiger charge is -2.34. The minimum Gasteiger partial charge on any atom is -0.340 e. The molecule has 0 spiro atoms. The molecule has 6 heteroatoms. The van der Waals surface area contributed by atoms with Crippen LogP contribution < -0.4 is 11.1 Å². The third-order valence-corrected chi connectivity index (χ3v) is 8.00. The molecule has 3 aromatic rings. The second kappa shape index (κ2) is 11.1. The van der Waals surface area contributed by atoms with Crippen molar-refractivity contribution >= 4 is 17.5 Å². The molecule has 0 unspecified atom stereocenters. The van der Waals surface area contributed by atoms with Gasteiger partial charge in [0.2, 0.25) is 11.8 Å². The van der Waals surface area contributed by atoms with Crippen molar-refractivity contribution < 1.29 is 9.59 Å². The van der Waals surface area contributed by atoms with Gasteiger partial charge in [0.1, 0.15) is 0 Å². The molecule has 2 aliphatic rings. The number of carbonyl (C=O) groups excluding carboxylic acids is 2. The van der Waals surface area contributed by atoms with Gasteiger partial charge >= 0.3 is 0 Å². The lowest BCUT2D eigenvalue weighted by molar-refractivity contribution is -0.130. The molecule has 1 saturated carbocycles. The van der Waals surface area contributed by atoms with Gasteiger partial charge in [-0.05, 0) is 69.1 Å². The Morgan fingerprint density at radius 3 is 2.37 bits per heavy atom. The standard InChI is InChI=1S/C32H38N4O2/c1-32(2,33)25-14-12-24(13-15-25)31-28(23-7-4-3-5-8-23)20-26(21-34-31)35-29(37)19-22-10-16-27(17-11-22)36-18-6-9-30(36)38/h3-5,7-8,12-15,20-22,27H,6,9-11,16-19,33H2,1-2H3,(H,35,37)/t22-,27-. The van der Waals surface area contributed by atoms with Crippen LogP contribution in [0.25, 0.3) is 22.4 Å². The van der Waals surface area contributed by atoms with Crippen LogP contribution in [0.3, 0.4) is 0 Å². The molecule has 1 aromatic heterocycles. The van der Waals surface area contributed by atoms with E-state index >= 15 is 0 Å². The van der Waals surface area contributed by atoms with E-state index in [4.69, 9.17) is 10.7 Å². The van der Waals surface area contributed by atoms with Gasteiger partial charge in [-0.25, -0.2) is 0 Å². The summed E-state index contributed by atoms with van der Waals surface area (Å²) >= 11 is 0. The Balaban J connectivity index is 1.28. The highest BCUT2D eigenvalue weighted by atomic mass is 16.2. The molecule has 3 N–H and O–H groups in total. The molecule has 0 bridgehead atoms.